The summed E-state index contributed by atoms with van der Waals surface area (Å²) in [6.45, 7) is 18.9. The Morgan fingerprint density at radius 3 is 1.46 bits per heavy atom. The Labute approximate surface area is 85.1 Å². The van der Waals surface area contributed by atoms with Gasteiger partial charge in [0.1, 0.15) is 0 Å². The van der Waals surface area contributed by atoms with Gasteiger partial charge < -0.3 is 0 Å². The molecule has 0 spiro atoms. The zero-order valence-corrected chi connectivity index (χ0v) is 10.9. The Morgan fingerprint density at radius 2 is 1.23 bits per heavy atom. The first-order valence-corrected chi connectivity index (χ1v) is 5.59. The highest BCUT2D eigenvalue weighted by atomic mass is 14.4. The molecule has 0 bridgehead atoms. The number of rotatable bonds is 3. The van der Waals surface area contributed by atoms with E-state index in [2.05, 4.69) is 55.4 Å². The zero-order valence-electron chi connectivity index (χ0n) is 10.9. The van der Waals surface area contributed by atoms with Gasteiger partial charge in [-0.1, -0.05) is 55.4 Å². The van der Waals surface area contributed by atoms with Gasteiger partial charge in [0.25, 0.3) is 0 Å². The monoisotopic (exact) mass is 184 g/mol. The third-order valence-electron chi connectivity index (χ3n) is 3.99. The fourth-order valence-corrected chi connectivity index (χ4v) is 1.74. The van der Waals surface area contributed by atoms with Crippen LogP contribution in [0.1, 0.15) is 61.8 Å². The third kappa shape index (κ3) is 3.32. The molecule has 0 rings (SSSR count). The lowest BCUT2D eigenvalue weighted by Gasteiger charge is -2.44. The highest BCUT2D eigenvalue weighted by molar-refractivity contribution is 4.86. The molecule has 0 saturated carbocycles. The van der Waals surface area contributed by atoms with E-state index in [1.54, 1.807) is 0 Å². The van der Waals surface area contributed by atoms with E-state index < -0.39 is 0 Å². The van der Waals surface area contributed by atoms with Crippen LogP contribution in [0.4, 0.5) is 0 Å². The van der Waals surface area contributed by atoms with Gasteiger partial charge in [0.2, 0.25) is 0 Å². The molecule has 0 aromatic rings. The number of hydrogen-bond acceptors (Lipinski definition) is 0. The van der Waals surface area contributed by atoms with Crippen molar-refractivity contribution >= 4 is 0 Å². The maximum atomic E-state index is 2.40. The minimum Gasteiger partial charge on any atom is -0.0628 e. The fourth-order valence-electron chi connectivity index (χ4n) is 1.74. The van der Waals surface area contributed by atoms with Crippen molar-refractivity contribution in [2.75, 3.05) is 0 Å². The van der Waals surface area contributed by atoms with E-state index in [0.717, 1.165) is 11.8 Å². The van der Waals surface area contributed by atoms with Crippen molar-refractivity contribution in [3.8, 4) is 0 Å². The van der Waals surface area contributed by atoms with Crippen LogP contribution in [0.25, 0.3) is 0 Å². The van der Waals surface area contributed by atoms with E-state index in [4.69, 9.17) is 0 Å². The average Bonchev–Trinajstić information content (AvgIpc) is 1.82. The maximum Gasteiger partial charge on any atom is -0.0280 e. The van der Waals surface area contributed by atoms with Gasteiger partial charge in [0, 0.05) is 0 Å². The van der Waals surface area contributed by atoms with E-state index in [-0.39, 0.29) is 0 Å². The Kier molecular flexibility index (Phi) is 4.02. The van der Waals surface area contributed by atoms with Gasteiger partial charge in [-0.05, 0) is 29.1 Å². The quantitative estimate of drug-likeness (QED) is 0.594. The minimum atomic E-state index is 0.404. The van der Waals surface area contributed by atoms with Crippen LogP contribution in [0.5, 0.6) is 0 Å². The summed E-state index contributed by atoms with van der Waals surface area (Å²) in [5.74, 6) is 1.61. The molecule has 0 amide bonds. The van der Waals surface area contributed by atoms with Crippen LogP contribution in [0.15, 0.2) is 0 Å². The van der Waals surface area contributed by atoms with Crippen LogP contribution >= 0.6 is 0 Å². The summed E-state index contributed by atoms with van der Waals surface area (Å²) in [6, 6.07) is 0. The predicted octanol–water partition coefficient (Wildman–Crippen LogP) is 4.74. The molecule has 1 atom stereocenters. The Bertz CT molecular complexity index is 146. The zero-order chi connectivity index (χ0) is 10.9. The molecule has 0 saturated heterocycles. The lowest BCUT2D eigenvalue weighted by atomic mass is 9.61. The molecule has 13 heavy (non-hydrogen) atoms. The molecule has 0 heterocycles. The smallest absolute Gasteiger partial charge is 0.0280 e. The first-order valence-electron chi connectivity index (χ1n) is 5.59. The molecular formula is C13H28. The molecule has 0 aromatic carbocycles. The van der Waals surface area contributed by atoms with Crippen molar-refractivity contribution in [3.63, 3.8) is 0 Å². The van der Waals surface area contributed by atoms with Crippen LogP contribution in [0, 0.1) is 22.7 Å². The molecule has 0 heteroatoms. The summed E-state index contributed by atoms with van der Waals surface area (Å²) in [5.41, 5.74) is 0.832. The summed E-state index contributed by atoms with van der Waals surface area (Å²) in [5, 5.41) is 0. The molecule has 1 unspecified atom stereocenters. The summed E-state index contributed by atoms with van der Waals surface area (Å²) >= 11 is 0. The molecule has 0 aromatic heterocycles. The lowest BCUT2D eigenvalue weighted by Crippen LogP contribution is -2.36. The SMILES string of the molecule is CC(C)CC(C)C(C)(C)C(C)(C)C. The summed E-state index contributed by atoms with van der Waals surface area (Å²) < 4.78 is 0. The standard InChI is InChI=1S/C13H28/c1-10(2)9-11(3)13(7,8)12(4,5)6/h10-11H,9H2,1-8H3. The van der Waals surface area contributed by atoms with Gasteiger partial charge in [-0.25, -0.2) is 0 Å². The van der Waals surface area contributed by atoms with Crippen LogP contribution < -0.4 is 0 Å². The predicted molar refractivity (Wildman–Crippen MR) is 61.9 cm³/mol. The van der Waals surface area contributed by atoms with Crippen molar-refractivity contribution in [1.82, 2.24) is 0 Å². The van der Waals surface area contributed by atoms with Crippen LogP contribution in [0.3, 0.4) is 0 Å². The second-order valence-corrected chi connectivity index (χ2v) is 6.50. The van der Waals surface area contributed by atoms with E-state index in [1.807, 2.05) is 0 Å². The normalized spacial score (nSPS) is 16.4. The first kappa shape index (κ1) is 13.0. The molecule has 80 valence electrons. The summed E-state index contributed by atoms with van der Waals surface area (Å²) in [7, 11) is 0. The van der Waals surface area contributed by atoms with Crippen molar-refractivity contribution in [3.05, 3.63) is 0 Å². The molecular weight excluding hydrogens is 156 g/mol. The first-order chi connectivity index (χ1) is 5.59. The van der Waals surface area contributed by atoms with E-state index in [9.17, 15) is 0 Å². The highest BCUT2D eigenvalue weighted by Crippen LogP contribution is 2.45. The number of hydrogen-bond donors (Lipinski definition) is 0. The second kappa shape index (κ2) is 4.02. The molecule has 0 aliphatic carbocycles. The van der Waals surface area contributed by atoms with E-state index in [1.165, 1.54) is 6.42 Å². The van der Waals surface area contributed by atoms with Gasteiger partial charge in [-0.2, -0.15) is 0 Å². The van der Waals surface area contributed by atoms with Gasteiger partial charge in [-0.15, -0.1) is 0 Å². The third-order valence-corrected chi connectivity index (χ3v) is 3.99. The summed E-state index contributed by atoms with van der Waals surface area (Å²) in [4.78, 5) is 0. The van der Waals surface area contributed by atoms with Crippen LogP contribution in [-0.4, -0.2) is 0 Å². The Morgan fingerprint density at radius 1 is 0.846 bits per heavy atom. The topological polar surface area (TPSA) is 0 Å². The Hall–Kier alpha value is 0. The van der Waals surface area contributed by atoms with Gasteiger partial charge >= 0.3 is 0 Å². The van der Waals surface area contributed by atoms with Crippen molar-refractivity contribution in [2.24, 2.45) is 22.7 Å². The lowest BCUT2D eigenvalue weighted by molar-refractivity contribution is 0.0525. The van der Waals surface area contributed by atoms with Crippen molar-refractivity contribution in [2.45, 2.75) is 61.8 Å². The second-order valence-electron chi connectivity index (χ2n) is 6.50. The van der Waals surface area contributed by atoms with Gasteiger partial charge in [0.05, 0.1) is 0 Å². The Balaban J connectivity index is 4.45. The molecule has 0 nitrogen and oxygen atoms in total. The van der Waals surface area contributed by atoms with Gasteiger partial charge in [0.15, 0.2) is 0 Å². The minimum absolute atomic E-state index is 0.404. The fraction of sp³-hybridized carbons (Fsp3) is 1.00. The van der Waals surface area contributed by atoms with Crippen molar-refractivity contribution < 1.29 is 0 Å². The molecule has 0 N–H and O–H groups in total. The summed E-state index contributed by atoms with van der Waals surface area (Å²) in [6.07, 6.45) is 1.34. The van der Waals surface area contributed by atoms with E-state index >= 15 is 0 Å². The van der Waals surface area contributed by atoms with Gasteiger partial charge in [-0.3, -0.25) is 0 Å². The maximum absolute atomic E-state index is 2.40. The van der Waals surface area contributed by atoms with Crippen LogP contribution in [0.2, 0.25) is 0 Å². The highest BCUT2D eigenvalue weighted by Gasteiger charge is 2.37. The molecule has 0 aliphatic heterocycles. The molecule has 0 radical (unpaired) electrons. The molecule has 0 aliphatic rings. The molecule has 0 fully saturated rings. The van der Waals surface area contributed by atoms with Crippen molar-refractivity contribution in [1.29, 1.82) is 0 Å². The van der Waals surface area contributed by atoms with E-state index in [0.29, 0.717) is 10.8 Å². The average molecular weight is 184 g/mol. The largest absolute Gasteiger partial charge is 0.0628 e. The van der Waals surface area contributed by atoms with Crippen LogP contribution in [-0.2, 0) is 0 Å².